The molecule has 3 rings (SSSR count). The molecule has 3 aromatic rings. The largest absolute Gasteiger partial charge is 0.289 e. The standard InChI is InChI=1S/C15H14ClFN6O/c1-2-22-8-11(6-19-22)14(24)20-15-18-9-23(21-15)7-10-3-4-12(17)5-13(10)16/h3-6,8-9H,2,7H2,1H3,(H,20,21,24). The minimum Gasteiger partial charge on any atom is -0.289 e. The van der Waals surface area contributed by atoms with Crippen LogP contribution < -0.4 is 5.32 Å². The van der Waals surface area contributed by atoms with E-state index >= 15 is 0 Å². The van der Waals surface area contributed by atoms with Crippen LogP contribution in [0.3, 0.4) is 0 Å². The van der Waals surface area contributed by atoms with Crippen molar-refractivity contribution in [1.82, 2.24) is 24.5 Å². The van der Waals surface area contributed by atoms with E-state index in [1.807, 2.05) is 6.92 Å². The fraction of sp³-hybridized carbons (Fsp3) is 0.200. The molecule has 24 heavy (non-hydrogen) atoms. The molecule has 9 heteroatoms. The van der Waals surface area contributed by atoms with Crippen LogP contribution in [-0.4, -0.2) is 30.5 Å². The average molecular weight is 349 g/mol. The molecule has 0 unspecified atom stereocenters. The number of benzene rings is 1. The summed E-state index contributed by atoms with van der Waals surface area (Å²) >= 11 is 5.99. The lowest BCUT2D eigenvalue weighted by Gasteiger charge is -2.04. The lowest BCUT2D eigenvalue weighted by molar-refractivity contribution is 0.102. The van der Waals surface area contributed by atoms with Gasteiger partial charge in [0, 0.05) is 17.8 Å². The molecule has 1 amide bonds. The molecule has 2 aromatic heterocycles. The molecule has 124 valence electrons. The molecule has 0 aliphatic heterocycles. The molecule has 0 saturated carbocycles. The highest BCUT2D eigenvalue weighted by atomic mass is 35.5. The molecule has 0 fully saturated rings. The summed E-state index contributed by atoms with van der Waals surface area (Å²) in [5.41, 5.74) is 1.12. The number of carbonyl (C=O) groups is 1. The van der Waals surface area contributed by atoms with Crippen LogP contribution in [0.15, 0.2) is 36.9 Å². The summed E-state index contributed by atoms with van der Waals surface area (Å²) in [4.78, 5) is 16.1. The Morgan fingerprint density at radius 3 is 2.92 bits per heavy atom. The van der Waals surface area contributed by atoms with Crippen LogP contribution in [-0.2, 0) is 13.1 Å². The number of carbonyl (C=O) groups excluding carboxylic acids is 1. The third-order valence-electron chi connectivity index (χ3n) is 3.33. The van der Waals surface area contributed by atoms with Crippen molar-refractivity contribution in [3.05, 3.63) is 58.9 Å². The van der Waals surface area contributed by atoms with E-state index in [9.17, 15) is 9.18 Å². The highest BCUT2D eigenvalue weighted by Crippen LogP contribution is 2.18. The van der Waals surface area contributed by atoms with Crippen molar-refractivity contribution in [2.45, 2.75) is 20.0 Å². The maximum atomic E-state index is 13.0. The first-order valence-corrected chi connectivity index (χ1v) is 7.60. The average Bonchev–Trinajstić information content (AvgIpc) is 3.19. The number of nitrogens with zero attached hydrogens (tertiary/aromatic N) is 5. The Labute approximate surface area is 142 Å². The van der Waals surface area contributed by atoms with E-state index in [1.165, 1.54) is 29.3 Å². The van der Waals surface area contributed by atoms with Gasteiger partial charge in [0.25, 0.3) is 5.91 Å². The predicted octanol–water partition coefficient (Wildman–Crippen LogP) is 2.59. The minimum absolute atomic E-state index is 0.169. The molecule has 2 heterocycles. The van der Waals surface area contributed by atoms with Gasteiger partial charge >= 0.3 is 0 Å². The van der Waals surface area contributed by atoms with Crippen molar-refractivity contribution in [3.8, 4) is 0 Å². The Kier molecular flexibility index (Phi) is 4.57. The Bertz CT molecular complexity index is 874. The summed E-state index contributed by atoms with van der Waals surface area (Å²) in [5.74, 6) is -0.572. The fourth-order valence-corrected chi connectivity index (χ4v) is 2.31. The van der Waals surface area contributed by atoms with Crippen molar-refractivity contribution in [2.75, 3.05) is 5.32 Å². The van der Waals surface area contributed by atoms with Crippen molar-refractivity contribution in [1.29, 1.82) is 0 Å². The second-order valence-corrected chi connectivity index (χ2v) is 5.45. The van der Waals surface area contributed by atoms with Crippen LogP contribution in [0.4, 0.5) is 10.3 Å². The second kappa shape index (κ2) is 6.79. The molecule has 1 N–H and O–H groups in total. The smallest absolute Gasteiger partial charge is 0.261 e. The molecule has 0 saturated heterocycles. The first kappa shape index (κ1) is 16.1. The van der Waals surface area contributed by atoms with E-state index in [2.05, 4.69) is 20.5 Å². The van der Waals surface area contributed by atoms with Gasteiger partial charge < -0.3 is 0 Å². The van der Waals surface area contributed by atoms with Gasteiger partial charge in [-0.15, -0.1) is 5.10 Å². The summed E-state index contributed by atoms with van der Waals surface area (Å²) in [7, 11) is 0. The quantitative estimate of drug-likeness (QED) is 0.768. The number of rotatable bonds is 5. The lowest BCUT2D eigenvalue weighted by Crippen LogP contribution is -2.13. The van der Waals surface area contributed by atoms with Crippen LogP contribution in [0, 0.1) is 5.82 Å². The van der Waals surface area contributed by atoms with Crippen LogP contribution >= 0.6 is 11.6 Å². The normalized spacial score (nSPS) is 10.8. The van der Waals surface area contributed by atoms with E-state index in [4.69, 9.17) is 11.6 Å². The fourth-order valence-electron chi connectivity index (χ4n) is 2.08. The molecule has 1 aromatic carbocycles. The Hall–Kier alpha value is -2.74. The van der Waals surface area contributed by atoms with E-state index in [0.717, 1.165) is 0 Å². The van der Waals surface area contributed by atoms with E-state index in [-0.39, 0.29) is 11.9 Å². The van der Waals surface area contributed by atoms with Crippen LogP contribution in [0.25, 0.3) is 0 Å². The maximum absolute atomic E-state index is 13.0. The SMILES string of the molecule is CCn1cc(C(=O)Nc2ncn(Cc3ccc(F)cc3Cl)n2)cn1. The Morgan fingerprint density at radius 1 is 1.38 bits per heavy atom. The third kappa shape index (κ3) is 3.60. The van der Waals surface area contributed by atoms with E-state index in [0.29, 0.717) is 29.2 Å². The number of amides is 1. The van der Waals surface area contributed by atoms with Crippen LogP contribution in [0.2, 0.25) is 5.02 Å². The lowest BCUT2D eigenvalue weighted by atomic mass is 10.2. The summed E-state index contributed by atoms with van der Waals surface area (Å²) in [6, 6.07) is 4.14. The molecule has 0 aliphatic carbocycles. The number of halogens is 2. The highest BCUT2D eigenvalue weighted by molar-refractivity contribution is 6.31. The van der Waals surface area contributed by atoms with Gasteiger partial charge in [-0.2, -0.15) is 5.10 Å². The highest BCUT2D eigenvalue weighted by Gasteiger charge is 2.12. The molecule has 0 radical (unpaired) electrons. The van der Waals surface area contributed by atoms with Gasteiger partial charge in [-0.3, -0.25) is 14.8 Å². The number of aryl methyl sites for hydroxylation is 1. The maximum Gasteiger partial charge on any atom is 0.261 e. The molecule has 0 atom stereocenters. The zero-order chi connectivity index (χ0) is 17.1. The molecular formula is C15H14ClFN6O. The first-order chi connectivity index (χ1) is 11.5. The molecule has 0 bridgehead atoms. The summed E-state index contributed by atoms with van der Waals surface area (Å²) < 4.78 is 16.2. The van der Waals surface area contributed by atoms with Crippen molar-refractivity contribution in [2.24, 2.45) is 0 Å². The Balaban J connectivity index is 1.68. The number of anilines is 1. The monoisotopic (exact) mass is 348 g/mol. The molecular weight excluding hydrogens is 335 g/mol. The van der Waals surface area contributed by atoms with Gasteiger partial charge in [0.1, 0.15) is 12.1 Å². The number of nitrogens with one attached hydrogen (secondary N) is 1. The van der Waals surface area contributed by atoms with Gasteiger partial charge in [0.15, 0.2) is 0 Å². The molecule has 7 nitrogen and oxygen atoms in total. The van der Waals surface area contributed by atoms with Gasteiger partial charge in [-0.1, -0.05) is 17.7 Å². The number of aromatic nitrogens is 5. The number of hydrogen-bond acceptors (Lipinski definition) is 4. The van der Waals surface area contributed by atoms with Gasteiger partial charge in [0.2, 0.25) is 5.95 Å². The topological polar surface area (TPSA) is 77.6 Å². The third-order valence-corrected chi connectivity index (χ3v) is 3.68. The molecule has 0 spiro atoms. The summed E-state index contributed by atoms with van der Waals surface area (Å²) in [6.07, 6.45) is 4.59. The summed E-state index contributed by atoms with van der Waals surface area (Å²) in [5, 5.41) is 11.1. The van der Waals surface area contributed by atoms with E-state index in [1.54, 1.807) is 16.9 Å². The summed E-state index contributed by atoms with van der Waals surface area (Å²) in [6.45, 7) is 2.92. The number of hydrogen-bond donors (Lipinski definition) is 1. The van der Waals surface area contributed by atoms with Gasteiger partial charge in [-0.05, 0) is 24.6 Å². The van der Waals surface area contributed by atoms with Crippen molar-refractivity contribution < 1.29 is 9.18 Å². The van der Waals surface area contributed by atoms with Gasteiger partial charge in [0.05, 0.1) is 18.3 Å². The zero-order valence-electron chi connectivity index (χ0n) is 12.8. The zero-order valence-corrected chi connectivity index (χ0v) is 13.5. The minimum atomic E-state index is -0.400. The van der Waals surface area contributed by atoms with E-state index < -0.39 is 5.82 Å². The van der Waals surface area contributed by atoms with Crippen molar-refractivity contribution >= 4 is 23.5 Å². The molecule has 0 aliphatic rings. The van der Waals surface area contributed by atoms with Crippen LogP contribution in [0.5, 0.6) is 0 Å². The second-order valence-electron chi connectivity index (χ2n) is 5.04. The Morgan fingerprint density at radius 2 is 2.21 bits per heavy atom. The van der Waals surface area contributed by atoms with Gasteiger partial charge in [-0.25, -0.2) is 14.1 Å². The predicted molar refractivity (Wildman–Crippen MR) is 86.4 cm³/mol. The first-order valence-electron chi connectivity index (χ1n) is 7.22. The van der Waals surface area contributed by atoms with Crippen molar-refractivity contribution in [3.63, 3.8) is 0 Å². The van der Waals surface area contributed by atoms with Crippen LogP contribution in [0.1, 0.15) is 22.8 Å².